The Hall–Kier alpha value is -3.54. The Morgan fingerprint density at radius 2 is 1.82 bits per heavy atom. The van der Waals surface area contributed by atoms with Gasteiger partial charge in [-0.15, -0.1) is 6.58 Å². The molecule has 0 aromatic heterocycles. The Bertz CT molecular complexity index is 932. The van der Waals surface area contributed by atoms with Gasteiger partial charge in [0.15, 0.2) is 0 Å². The van der Waals surface area contributed by atoms with Crippen LogP contribution in [0.25, 0.3) is 5.57 Å². The largest absolute Gasteiger partial charge is 0.497 e. The molecule has 0 bridgehead atoms. The highest BCUT2D eigenvalue weighted by molar-refractivity contribution is 6.36. The van der Waals surface area contributed by atoms with Crippen LogP contribution < -0.4 is 14.8 Å². The van der Waals surface area contributed by atoms with Gasteiger partial charge in [-0.05, 0) is 36.8 Å². The van der Waals surface area contributed by atoms with Crippen LogP contribution in [0.4, 0.5) is 5.69 Å². The van der Waals surface area contributed by atoms with Gasteiger partial charge in [-0.3, -0.25) is 14.5 Å². The summed E-state index contributed by atoms with van der Waals surface area (Å²) in [5, 5.41) is 3.11. The summed E-state index contributed by atoms with van der Waals surface area (Å²) in [6.07, 6.45) is 1.53. The quantitative estimate of drug-likeness (QED) is 0.563. The zero-order chi connectivity index (χ0) is 20.1. The molecule has 144 valence electrons. The zero-order valence-corrected chi connectivity index (χ0v) is 15.9. The molecule has 2 amide bonds. The summed E-state index contributed by atoms with van der Waals surface area (Å²) >= 11 is 0. The molecule has 1 heterocycles. The number of amides is 2. The van der Waals surface area contributed by atoms with Crippen LogP contribution in [0.1, 0.15) is 12.5 Å². The molecule has 0 radical (unpaired) electrons. The second kappa shape index (κ2) is 8.43. The van der Waals surface area contributed by atoms with E-state index >= 15 is 0 Å². The minimum absolute atomic E-state index is 0.140. The fraction of sp³-hybridized carbons (Fsp3) is 0.182. The molecule has 1 aliphatic rings. The van der Waals surface area contributed by atoms with Crippen LogP contribution in [0.2, 0.25) is 0 Å². The molecule has 0 atom stereocenters. The van der Waals surface area contributed by atoms with E-state index in [4.69, 9.17) is 9.47 Å². The van der Waals surface area contributed by atoms with Gasteiger partial charge < -0.3 is 14.8 Å². The predicted molar refractivity (Wildman–Crippen MR) is 108 cm³/mol. The van der Waals surface area contributed by atoms with Crippen molar-refractivity contribution in [3.63, 3.8) is 0 Å². The van der Waals surface area contributed by atoms with E-state index in [0.717, 1.165) is 0 Å². The van der Waals surface area contributed by atoms with Crippen molar-refractivity contribution >= 4 is 23.1 Å². The second-order valence-electron chi connectivity index (χ2n) is 6.07. The lowest BCUT2D eigenvalue weighted by Gasteiger charge is -2.13. The van der Waals surface area contributed by atoms with Gasteiger partial charge in [-0.25, -0.2) is 0 Å². The molecule has 2 aromatic rings. The van der Waals surface area contributed by atoms with Gasteiger partial charge in [0.2, 0.25) is 0 Å². The van der Waals surface area contributed by atoms with Gasteiger partial charge in [-0.1, -0.05) is 24.3 Å². The molecule has 2 aromatic carbocycles. The van der Waals surface area contributed by atoms with Gasteiger partial charge in [-0.2, -0.15) is 0 Å². The molecule has 6 nitrogen and oxygen atoms in total. The number of benzene rings is 2. The van der Waals surface area contributed by atoms with Crippen molar-refractivity contribution in [1.29, 1.82) is 0 Å². The number of nitrogens with one attached hydrogen (secondary N) is 1. The highest BCUT2D eigenvalue weighted by Crippen LogP contribution is 2.32. The van der Waals surface area contributed by atoms with E-state index < -0.39 is 5.91 Å². The summed E-state index contributed by atoms with van der Waals surface area (Å²) in [5.74, 6) is 0.595. The minimum Gasteiger partial charge on any atom is -0.497 e. The van der Waals surface area contributed by atoms with Crippen LogP contribution in [0.3, 0.4) is 0 Å². The van der Waals surface area contributed by atoms with Crippen LogP contribution in [0, 0.1) is 0 Å². The van der Waals surface area contributed by atoms with Crippen molar-refractivity contribution in [3.8, 4) is 11.5 Å². The van der Waals surface area contributed by atoms with Crippen LogP contribution in [0.5, 0.6) is 11.5 Å². The molecule has 0 saturated carbocycles. The monoisotopic (exact) mass is 378 g/mol. The van der Waals surface area contributed by atoms with Gasteiger partial charge >= 0.3 is 0 Å². The molecule has 1 aliphatic heterocycles. The lowest BCUT2D eigenvalue weighted by molar-refractivity contribution is -0.136. The third-order valence-corrected chi connectivity index (χ3v) is 4.27. The molecule has 1 N–H and O–H groups in total. The molecular formula is C22H22N2O4. The molecule has 28 heavy (non-hydrogen) atoms. The van der Waals surface area contributed by atoms with Crippen molar-refractivity contribution in [2.24, 2.45) is 0 Å². The molecule has 6 heteroatoms. The molecule has 0 spiro atoms. The molecular weight excluding hydrogens is 356 g/mol. The average Bonchev–Trinajstić information content (AvgIpc) is 2.93. The lowest BCUT2D eigenvalue weighted by Crippen LogP contribution is -2.32. The molecule has 0 saturated heterocycles. The number of nitrogens with zero attached hydrogens (tertiary/aromatic N) is 1. The van der Waals surface area contributed by atoms with E-state index in [-0.39, 0.29) is 18.1 Å². The number of hydrogen-bond acceptors (Lipinski definition) is 5. The van der Waals surface area contributed by atoms with Gasteiger partial charge in [0.05, 0.1) is 19.3 Å². The number of anilines is 1. The SMILES string of the molecule is C=CCN1C(=O)C(Nc2cccc(OCC)c2)=C(c2ccc(OC)cc2)C1=O. The molecule has 3 rings (SSSR count). The summed E-state index contributed by atoms with van der Waals surface area (Å²) in [5.41, 5.74) is 1.84. The summed E-state index contributed by atoms with van der Waals surface area (Å²) in [7, 11) is 1.57. The maximum absolute atomic E-state index is 12.9. The highest BCUT2D eigenvalue weighted by Gasteiger charge is 2.38. The number of imide groups is 1. The number of rotatable bonds is 8. The number of ether oxygens (including phenoxy) is 2. The maximum Gasteiger partial charge on any atom is 0.278 e. The highest BCUT2D eigenvalue weighted by atomic mass is 16.5. The minimum atomic E-state index is -0.391. The maximum atomic E-state index is 12.9. The van der Waals surface area contributed by atoms with Crippen LogP contribution >= 0.6 is 0 Å². The summed E-state index contributed by atoms with van der Waals surface area (Å²) < 4.78 is 10.7. The first-order valence-corrected chi connectivity index (χ1v) is 8.94. The number of carbonyl (C=O) groups excluding carboxylic acids is 2. The Kier molecular flexibility index (Phi) is 5.79. The number of hydrogen-bond donors (Lipinski definition) is 1. The third-order valence-electron chi connectivity index (χ3n) is 4.27. The normalized spacial score (nSPS) is 13.7. The molecule has 0 unspecified atom stereocenters. The summed E-state index contributed by atoms with van der Waals surface area (Å²) in [4.78, 5) is 27.0. The van der Waals surface area contributed by atoms with Crippen LogP contribution in [-0.4, -0.2) is 37.0 Å². The van der Waals surface area contributed by atoms with Crippen molar-refractivity contribution in [1.82, 2.24) is 4.90 Å². The Balaban J connectivity index is 2.03. The topological polar surface area (TPSA) is 67.9 Å². The second-order valence-corrected chi connectivity index (χ2v) is 6.07. The van der Waals surface area contributed by atoms with Crippen molar-refractivity contribution < 1.29 is 19.1 Å². The fourth-order valence-corrected chi connectivity index (χ4v) is 2.99. The standard InChI is InChI=1S/C22H22N2O4/c1-4-13-24-21(25)19(15-9-11-17(27-3)12-10-15)20(22(24)26)23-16-7-6-8-18(14-16)28-5-2/h4,6-12,14,23H,1,5,13H2,2-3H3. The number of methoxy groups -OCH3 is 1. The Morgan fingerprint density at radius 1 is 1.07 bits per heavy atom. The predicted octanol–water partition coefficient (Wildman–Crippen LogP) is 3.47. The van der Waals surface area contributed by atoms with Crippen molar-refractivity contribution in [2.45, 2.75) is 6.92 Å². The Labute approximate surface area is 164 Å². The van der Waals surface area contributed by atoms with E-state index in [1.54, 1.807) is 37.4 Å². The van der Waals surface area contributed by atoms with Gasteiger partial charge in [0.1, 0.15) is 17.2 Å². The van der Waals surface area contributed by atoms with Crippen LogP contribution in [0.15, 0.2) is 66.9 Å². The third kappa shape index (κ3) is 3.76. The number of carbonyl (C=O) groups is 2. The Morgan fingerprint density at radius 3 is 2.46 bits per heavy atom. The smallest absolute Gasteiger partial charge is 0.278 e. The zero-order valence-electron chi connectivity index (χ0n) is 15.9. The molecule has 0 fully saturated rings. The van der Waals surface area contributed by atoms with E-state index in [1.807, 2.05) is 25.1 Å². The van der Waals surface area contributed by atoms with Gasteiger partial charge in [0, 0.05) is 18.3 Å². The van der Waals surface area contributed by atoms with E-state index in [0.29, 0.717) is 34.9 Å². The van der Waals surface area contributed by atoms with E-state index in [1.165, 1.54) is 11.0 Å². The average molecular weight is 378 g/mol. The fourth-order valence-electron chi connectivity index (χ4n) is 2.99. The summed E-state index contributed by atoms with van der Waals surface area (Å²) in [6.45, 7) is 6.21. The van der Waals surface area contributed by atoms with Gasteiger partial charge in [0.25, 0.3) is 11.8 Å². The van der Waals surface area contributed by atoms with Crippen LogP contribution in [-0.2, 0) is 9.59 Å². The first-order valence-electron chi connectivity index (χ1n) is 8.94. The lowest BCUT2D eigenvalue weighted by atomic mass is 10.0. The van der Waals surface area contributed by atoms with E-state index in [2.05, 4.69) is 11.9 Å². The van der Waals surface area contributed by atoms with E-state index in [9.17, 15) is 9.59 Å². The first kappa shape index (κ1) is 19.2. The molecule has 0 aliphatic carbocycles. The first-order chi connectivity index (χ1) is 13.6. The van der Waals surface area contributed by atoms with Crippen molar-refractivity contribution in [3.05, 3.63) is 72.4 Å². The van der Waals surface area contributed by atoms with Crippen molar-refractivity contribution in [2.75, 3.05) is 25.6 Å². The summed E-state index contributed by atoms with van der Waals surface area (Å²) in [6, 6.07) is 14.3.